The first kappa shape index (κ1) is 14.4. The van der Waals surface area contributed by atoms with Crippen molar-refractivity contribution in [3.8, 4) is 0 Å². The Hall–Kier alpha value is -2.50. The second-order valence-electron chi connectivity index (χ2n) is 5.12. The molecule has 6 heteroatoms. The van der Waals surface area contributed by atoms with Crippen molar-refractivity contribution in [2.24, 2.45) is 0 Å². The Morgan fingerprint density at radius 2 is 2.05 bits per heavy atom. The summed E-state index contributed by atoms with van der Waals surface area (Å²) >= 11 is 0. The normalized spacial score (nSPS) is 12.5. The van der Waals surface area contributed by atoms with E-state index in [2.05, 4.69) is 15.4 Å². The Balaban J connectivity index is 1.96. The number of nitrogens with one attached hydrogen (secondary N) is 1. The molecule has 1 atom stereocenters. The van der Waals surface area contributed by atoms with E-state index in [0.29, 0.717) is 5.56 Å². The van der Waals surface area contributed by atoms with Crippen LogP contribution in [0, 0.1) is 11.6 Å². The van der Waals surface area contributed by atoms with Gasteiger partial charge in [0.1, 0.15) is 17.5 Å². The lowest BCUT2D eigenvalue weighted by Crippen LogP contribution is -2.13. The van der Waals surface area contributed by atoms with Crippen molar-refractivity contribution in [1.82, 2.24) is 14.6 Å². The molecule has 2 heterocycles. The number of nitrogens with zero attached hydrogens (tertiary/aromatic N) is 3. The van der Waals surface area contributed by atoms with Gasteiger partial charge >= 0.3 is 0 Å². The monoisotopic (exact) mass is 302 g/mol. The van der Waals surface area contributed by atoms with Crippen LogP contribution in [0.4, 0.5) is 14.6 Å². The molecule has 1 aromatic carbocycles. The Morgan fingerprint density at radius 3 is 2.77 bits per heavy atom. The van der Waals surface area contributed by atoms with E-state index in [1.807, 2.05) is 26.0 Å². The van der Waals surface area contributed by atoms with Crippen LogP contribution in [-0.4, -0.2) is 14.6 Å². The zero-order valence-electron chi connectivity index (χ0n) is 12.3. The van der Waals surface area contributed by atoms with Crippen LogP contribution in [0.1, 0.15) is 31.1 Å². The highest BCUT2D eigenvalue weighted by molar-refractivity contribution is 5.50. The number of aromatic nitrogens is 3. The molecule has 0 amide bonds. The molecule has 0 spiro atoms. The van der Waals surface area contributed by atoms with E-state index in [9.17, 15) is 8.78 Å². The van der Waals surface area contributed by atoms with Gasteiger partial charge in [0, 0.05) is 29.5 Å². The van der Waals surface area contributed by atoms with Crippen LogP contribution < -0.4 is 5.32 Å². The molecule has 3 rings (SSSR count). The highest BCUT2D eigenvalue weighted by Gasteiger charge is 2.14. The van der Waals surface area contributed by atoms with Crippen LogP contribution in [0.25, 0.3) is 5.65 Å². The van der Waals surface area contributed by atoms with Gasteiger partial charge in [0.15, 0.2) is 5.65 Å². The molecular weight excluding hydrogens is 286 g/mol. The predicted octanol–water partition coefficient (Wildman–Crippen LogP) is 3.74. The molecule has 22 heavy (non-hydrogen) atoms. The van der Waals surface area contributed by atoms with E-state index in [-0.39, 0.29) is 6.04 Å². The third kappa shape index (κ3) is 2.64. The fourth-order valence-corrected chi connectivity index (χ4v) is 2.40. The van der Waals surface area contributed by atoms with Crippen LogP contribution in [0.3, 0.4) is 0 Å². The lowest BCUT2D eigenvalue weighted by atomic mass is 10.1. The highest BCUT2D eigenvalue weighted by Crippen LogP contribution is 2.23. The largest absolute Gasteiger partial charge is 0.363 e. The van der Waals surface area contributed by atoms with Gasteiger partial charge in [-0.05, 0) is 19.4 Å². The lowest BCUT2D eigenvalue weighted by molar-refractivity contribution is 0.566. The molecule has 3 aromatic rings. The minimum Gasteiger partial charge on any atom is -0.363 e. The molecular formula is C16H16F2N4. The van der Waals surface area contributed by atoms with Gasteiger partial charge < -0.3 is 5.32 Å². The van der Waals surface area contributed by atoms with Crippen molar-refractivity contribution < 1.29 is 8.78 Å². The number of rotatable bonds is 4. The number of benzene rings is 1. The van der Waals surface area contributed by atoms with Crippen LogP contribution >= 0.6 is 0 Å². The SMILES string of the molecule is CCc1cc(N[C@H](C)c2ccc(F)cc2F)n2nccc2n1. The van der Waals surface area contributed by atoms with E-state index in [1.54, 1.807) is 10.7 Å². The first-order valence-electron chi connectivity index (χ1n) is 7.13. The molecule has 0 bridgehead atoms. The lowest BCUT2D eigenvalue weighted by Gasteiger charge is -2.17. The van der Waals surface area contributed by atoms with Gasteiger partial charge in [0.25, 0.3) is 0 Å². The number of aryl methyl sites for hydroxylation is 1. The summed E-state index contributed by atoms with van der Waals surface area (Å²) in [5.74, 6) is -0.426. The zero-order chi connectivity index (χ0) is 15.7. The first-order chi connectivity index (χ1) is 10.6. The Labute approximate surface area is 126 Å². The number of hydrogen-bond acceptors (Lipinski definition) is 3. The van der Waals surface area contributed by atoms with Gasteiger partial charge in [0.2, 0.25) is 0 Å². The minimum atomic E-state index is -0.583. The topological polar surface area (TPSA) is 42.2 Å². The molecule has 1 N–H and O–H groups in total. The zero-order valence-corrected chi connectivity index (χ0v) is 12.3. The molecule has 114 valence electrons. The van der Waals surface area contributed by atoms with Gasteiger partial charge in [-0.1, -0.05) is 13.0 Å². The predicted molar refractivity (Wildman–Crippen MR) is 80.8 cm³/mol. The standard InChI is InChI=1S/C16H16F2N4/c1-3-12-9-16(22-15(21-12)6-7-19-22)20-10(2)13-5-4-11(17)8-14(13)18/h4-10,20H,3H2,1-2H3/t10-/m1/s1. The van der Waals surface area contributed by atoms with Gasteiger partial charge in [-0.3, -0.25) is 0 Å². The average Bonchev–Trinajstić information content (AvgIpc) is 2.95. The molecule has 0 aliphatic carbocycles. The van der Waals surface area contributed by atoms with E-state index in [0.717, 1.165) is 29.6 Å². The van der Waals surface area contributed by atoms with Gasteiger partial charge in [-0.2, -0.15) is 9.61 Å². The average molecular weight is 302 g/mol. The summed E-state index contributed by atoms with van der Waals surface area (Å²) in [5, 5.41) is 7.44. The second kappa shape index (κ2) is 5.71. The summed E-state index contributed by atoms with van der Waals surface area (Å²) < 4.78 is 28.6. The van der Waals surface area contributed by atoms with Gasteiger partial charge in [-0.25, -0.2) is 13.8 Å². The third-order valence-corrected chi connectivity index (χ3v) is 3.57. The van der Waals surface area contributed by atoms with Gasteiger partial charge in [0.05, 0.1) is 12.2 Å². The fourth-order valence-electron chi connectivity index (χ4n) is 2.40. The third-order valence-electron chi connectivity index (χ3n) is 3.57. The molecule has 2 aromatic heterocycles. The summed E-state index contributed by atoms with van der Waals surface area (Å²) in [7, 11) is 0. The number of halogens is 2. The smallest absolute Gasteiger partial charge is 0.157 e. The maximum atomic E-state index is 13.9. The van der Waals surface area contributed by atoms with Crippen LogP contribution in [0.15, 0.2) is 36.5 Å². The first-order valence-corrected chi connectivity index (χ1v) is 7.13. The van der Waals surface area contributed by atoms with E-state index < -0.39 is 11.6 Å². The molecule has 0 fully saturated rings. The molecule has 0 aliphatic heterocycles. The Morgan fingerprint density at radius 1 is 1.23 bits per heavy atom. The number of anilines is 1. The number of hydrogen-bond donors (Lipinski definition) is 1. The summed E-state index contributed by atoms with van der Waals surface area (Å²) in [4.78, 5) is 4.46. The molecule has 0 radical (unpaired) electrons. The quantitative estimate of drug-likeness (QED) is 0.798. The number of fused-ring (bicyclic) bond motifs is 1. The van der Waals surface area contributed by atoms with Crippen molar-refractivity contribution in [3.05, 3.63) is 59.4 Å². The molecule has 0 saturated heterocycles. The van der Waals surface area contributed by atoms with E-state index in [4.69, 9.17) is 0 Å². The summed E-state index contributed by atoms with van der Waals surface area (Å²) in [6, 6.07) is 6.96. The van der Waals surface area contributed by atoms with Gasteiger partial charge in [-0.15, -0.1) is 0 Å². The summed E-state index contributed by atoms with van der Waals surface area (Å²) in [5.41, 5.74) is 2.05. The van der Waals surface area contributed by atoms with Crippen molar-refractivity contribution in [2.75, 3.05) is 5.32 Å². The summed E-state index contributed by atoms with van der Waals surface area (Å²) in [6.07, 6.45) is 2.45. The van der Waals surface area contributed by atoms with Crippen LogP contribution in [0.2, 0.25) is 0 Å². The molecule has 0 unspecified atom stereocenters. The van der Waals surface area contributed by atoms with Crippen molar-refractivity contribution >= 4 is 11.5 Å². The van der Waals surface area contributed by atoms with Crippen molar-refractivity contribution in [2.45, 2.75) is 26.3 Å². The Bertz CT molecular complexity index is 813. The molecule has 0 saturated carbocycles. The van der Waals surface area contributed by atoms with Crippen LogP contribution in [-0.2, 0) is 6.42 Å². The Kier molecular flexibility index (Phi) is 3.75. The fraction of sp³-hybridized carbons (Fsp3) is 0.250. The van der Waals surface area contributed by atoms with E-state index >= 15 is 0 Å². The molecule has 0 aliphatic rings. The second-order valence-corrected chi connectivity index (χ2v) is 5.12. The molecule has 4 nitrogen and oxygen atoms in total. The maximum absolute atomic E-state index is 13.9. The van der Waals surface area contributed by atoms with Crippen LogP contribution in [0.5, 0.6) is 0 Å². The maximum Gasteiger partial charge on any atom is 0.157 e. The minimum absolute atomic E-state index is 0.333. The highest BCUT2D eigenvalue weighted by atomic mass is 19.1. The van der Waals surface area contributed by atoms with Crippen molar-refractivity contribution in [3.63, 3.8) is 0 Å². The van der Waals surface area contributed by atoms with Crippen molar-refractivity contribution in [1.29, 1.82) is 0 Å². The summed E-state index contributed by atoms with van der Waals surface area (Å²) in [6.45, 7) is 3.83. The van der Waals surface area contributed by atoms with E-state index in [1.165, 1.54) is 12.1 Å².